The maximum absolute atomic E-state index is 12.2. The Morgan fingerprint density at radius 1 is 1.32 bits per heavy atom. The second kappa shape index (κ2) is 6.08. The van der Waals surface area contributed by atoms with Crippen LogP contribution in [0.4, 0.5) is 5.69 Å². The standard InChI is InChI=1S/C14H9Cl2N3O2S/c15-8-1-2-9(16)11(5-8)18-12(20)6-19-7-17-10-3-4-22-13(10)14(19)21/h1-5,7H,6H2,(H,18,20). The molecule has 1 aromatic carbocycles. The summed E-state index contributed by atoms with van der Waals surface area (Å²) in [6, 6.07) is 6.52. The third-order valence-electron chi connectivity index (χ3n) is 2.95. The summed E-state index contributed by atoms with van der Waals surface area (Å²) in [4.78, 5) is 28.4. The van der Waals surface area contributed by atoms with Crippen molar-refractivity contribution in [1.29, 1.82) is 0 Å². The number of fused-ring (bicyclic) bond motifs is 1. The highest BCUT2D eigenvalue weighted by Crippen LogP contribution is 2.25. The van der Waals surface area contributed by atoms with Gasteiger partial charge in [0.25, 0.3) is 5.56 Å². The lowest BCUT2D eigenvalue weighted by Crippen LogP contribution is -2.27. The molecule has 0 fully saturated rings. The van der Waals surface area contributed by atoms with Gasteiger partial charge in [-0.05, 0) is 29.6 Å². The highest BCUT2D eigenvalue weighted by Gasteiger charge is 2.11. The minimum absolute atomic E-state index is 0.150. The van der Waals surface area contributed by atoms with Gasteiger partial charge in [-0.1, -0.05) is 23.2 Å². The van der Waals surface area contributed by atoms with E-state index >= 15 is 0 Å². The van der Waals surface area contributed by atoms with Crippen LogP contribution in [-0.4, -0.2) is 15.5 Å². The van der Waals surface area contributed by atoms with Gasteiger partial charge in [-0.25, -0.2) is 4.98 Å². The minimum Gasteiger partial charge on any atom is -0.323 e. The van der Waals surface area contributed by atoms with Crippen LogP contribution in [0.5, 0.6) is 0 Å². The molecule has 0 spiro atoms. The average molecular weight is 354 g/mol. The maximum Gasteiger partial charge on any atom is 0.271 e. The Balaban J connectivity index is 1.82. The summed E-state index contributed by atoms with van der Waals surface area (Å²) in [5.74, 6) is -0.385. The lowest BCUT2D eigenvalue weighted by atomic mass is 10.3. The normalized spacial score (nSPS) is 10.8. The zero-order valence-electron chi connectivity index (χ0n) is 11.0. The Morgan fingerprint density at radius 2 is 2.14 bits per heavy atom. The Bertz CT molecular complexity index is 920. The van der Waals surface area contributed by atoms with Crippen LogP contribution >= 0.6 is 34.5 Å². The average Bonchev–Trinajstić information content (AvgIpc) is 2.95. The molecule has 3 rings (SSSR count). The summed E-state index contributed by atoms with van der Waals surface area (Å²) in [7, 11) is 0. The molecule has 2 aromatic heterocycles. The Morgan fingerprint density at radius 3 is 2.95 bits per heavy atom. The zero-order chi connectivity index (χ0) is 15.7. The van der Waals surface area contributed by atoms with Crippen molar-refractivity contribution in [3.8, 4) is 0 Å². The van der Waals surface area contributed by atoms with Crippen LogP contribution in [0.3, 0.4) is 0 Å². The van der Waals surface area contributed by atoms with E-state index in [-0.39, 0.29) is 18.0 Å². The third-order valence-corrected chi connectivity index (χ3v) is 4.41. The molecular weight excluding hydrogens is 345 g/mol. The molecule has 1 N–H and O–H groups in total. The lowest BCUT2D eigenvalue weighted by molar-refractivity contribution is -0.116. The van der Waals surface area contributed by atoms with E-state index in [1.807, 2.05) is 0 Å². The zero-order valence-corrected chi connectivity index (χ0v) is 13.4. The number of hydrogen-bond acceptors (Lipinski definition) is 4. The highest BCUT2D eigenvalue weighted by atomic mass is 35.5. The van der Waals surface area contributed by atoms with Crippen molar-refractivity contribution in [2.24, 2.45) is 0 Å². The van der Waals surface area contributed by atoms with E-state index in [1.165, 1.54) is 22.2 Å². The van der Waals surface area contributed by atoms with E-state index in [0.717, 1.165) is 0 Å². The first-order chi connectivity index (χ1) is 10.5. The van der Waals surface area contributed by atoms with Gasteiger partial charge in [0, 0.05) is 5.02 Å². The molecule has 0 aliphatic carbocycles. The number of hydrogen-bond donors (Lipinski definition) is 1. The molecule has 1 amide bonds. The van der Waals surface area contributed by atoms with Gasteiger partial charge in [0.2, 0.25) is 5.91 Å². The summed E-state index contributed by atoms with van der Waals surface area (Å²) in [5.41, 5.74) is 0.786. The van der Waals surface area contributed by atoms with E-state index in [1.54, 1.807) is 29.6 Å². The van der Waals surface area contributed by atoms with E-state index in [2.05, 4.69) is 10.3 Å². The predicted molar refractivity (Wildman–Crippen MR) is 89.0 cm³/mol. The first-order valence-electron chi connectivity index (χ1n) is 6.22. The Hall–Kier alpha value is -1.89. The number of benzene rings is 1. The van der Waals surface area contributed by atoms with E-state index < -0.39 is 0 Å². The van der Waals surface area contributed by atoms with Gasteiger partial charge in [0.1, 0.15) is 11.2 Å². The van der Waals surface area contributed by atoms with Crippen LogP contribution < -0.4 is 10.9 Å². The number of nitrogens with zero attached hydrogens (tertiary/aromatic N) is 2. The quantitative estimate of drug-likeness (QED) is 0.784. The van der Waals surface area contributed by atoms with E-state index in [0.29, 0.717) is 25.9 Å². The van der Waals surface area contributed by atoms with Crippen LogP contribution in [-0.2, 0) is 11.3 Å². The van der Waals surface area contributed by atoms with Crippen molar-refractivity contribution in [3.63, 3.8) is 0 Å². The molecule has 3 aromatic rings. The number of anilines is 1. The van der Waals surface area contributed by atoms with Crippen molar-refractivity contribution in [1.82, 2.24) is 9.55 Å². The fourth-order valence-electron chi connectivity index (χ4n) is 1.93. The summed E-state index contributed by atoms with van der Waals surface area (Å²) >= 11 is 13.1. The largest absolute Gasteiger partial charge is 0.323 e. The van der Waals surface area contributed by atoms with Crippen LogP contribution in [0.25, 0.3) is 10.2 Å². The number of halogens is 2. The van der Waals surface area contributed by atoms with Crippen LogP contribution in [0.15, 0.2) is 40.8 Å². The summed E-state index contributed by atoms with van der Waals surface area (Å²) in [5, 5.41) is 5.25. The third kappa shape index (κ3) is 2.99. The number of rotatable bonds is 3. The maximum atomic E-state index is 12.2. The molecule has 0 aliphatic rings. The van der Waals surface area contributed by atoms with Gasteiger partial charge in [-0.15, -0.1) is 11.3 Å². The fourth-order valence-corrected chi connectivity index (χ4v) is 3.06. The first-order valence-corrected chi connectivity index (χ1v) is 7.86. The minimum atomic E-state index is -0.385. The summed E-state index contributed by atoms with van der Waals surface area (Å²) in [6.45, 7) is -0.150. The lowest BCUT2D eigenvalue weighted by Gasteiger charge is -2.09. The fraction of sp³-hybridized carbons (Fsp3) is 0.0714. The van der Waals surface area contributed by atoms with Gasteiger partial charge in [0.15, 0.2) is 0 Å². The molecule has 0 saturated carbocycles. The van der Waals surface area contributed by atoms with Gasteiger partial charge in [-0.3, -0.25) is 14.2 Å². The molecule has 0 radical (unpaired) electrons. The molecular formula is C14H9Cl2N3O2S. The molecule has 112 valence electrons. The topological polar surface area (TPSA) is 64.0 Å². The van der Waals surface area contributed by atoms with Crippen molar-refractivity contribution >= 4 is 56.3 Å². The van der Waals surface area contributed by atoms with Crippen LogP contribution in [0, 0.1) is 0 Å². The SMILES string of the molecule is O=C(Cn1cnc2ccsc2c1=O)Nc1cc(Cl)ccc1Cl. The van der Waals surface area contributed by atoms with Gasteiger partial charge in [-0.2, -0.15) is 0 Å². The second-order valence-electron chi connectivity index (χ2n) is 4.48. The van der Waals surface area contributed by atoms with Crippen LogP contribution in [0.1, 0.15) is 0 Å². The molecule has 8 heteroatoms. The molecule has 22 heavy (non-hydrogen) atoms. The Labute approximate surface area is 139 Å². The predicted octanol–water partition coefficient (Wildman–Crippen LogP) is 3.40. The number of nitrogens with one attached hydrogen (secondary N) is 1. The second-order valence-corrected chi connectivity index (χ2v) is 6.24. The van der Waals surface area contributed by atoms with Crippen molar-refractivity contribution < 1.29 is 4.79 Å². The summed E-state index contributed by atoms with van der Waals surface area (Å²) < 4.78 is 1.78. The van der Waals surface area contributed by atoms with Crippen LogP contribution in [0.2, 0.25) is 10.0 Å². The smallest absolute Gasteiger partial charge is 0.271 e. The van der Waals surface area contributed by atoms with E-state index in [9.17, 15) is 9.59 Å². The molecule has 0 atom stereocenters. The number of carbonyl (C=O) groups is 1. The van der Waals surface area contributed by atoms with Crippen molar-refractivity contribution in [3.05, 3.63) is 56.4 Å². The number of amides is 1. The van der Waals surface area contributed by atoms with Gasteiger partial charge >= 0.3 is 0 Å². The van der Waals surface area contributed by atoms with Gasteiger partial charge in [0.05, 0.1) is 22.6 Å². The number of carbonyl (C=O) groups excluding carboxylic acids is 1. The molecule has 2 heterocycles. The van der Waals surface area contributed by atoms with Crippen molar-refractivity contribution in [2.75, 3.05) is 5.32 Å². The van der Waals surface area contributed by atoms with Crippen molar-refractivity contribution in [2.45, 2.75) is 6.54 Å². The van der Waals surface area contributed by atoms with E-state index in [4.69, 9.17) is 23.2 Å². The number of thiophene rings is 1. The molecule has 5 nitrogen and oxygen atoms in total. The Kier molecular flexibility index (Phi) is 4.15. The summed E-state index contributed by atoms with van der Waals surface area (Å²) in [6.07, 6.45) is 1.36. The highest BCUT2D eigenvalue weighted by molar-refractivity contribution is 7.17. The molecule has 0 aliphatic heterocycles. The first kappa shape index (κ1) is 15.0. The number of aromatic nitrogens is 2. The molecule has 0 bridgehead atoms. The van der Waals surface area contributed by atoms with Gasteiger partial charge < -0.3 is 5.32 Å². The monoisotopic (exact) mass is 353 g/mol. The molecule has 0 saturated heterocycles. The molecule has 0 unspecified atom stereocenters.